The molecule has 2 N–H and O–H groups in total. The summed E-state index contributed by atoms with van der Waals surface area (Å²) in [6.45, 7) is 7.80. The van der Waals surface area contributed by atoms with E-state index in [1.807, 2.05) is 13.8 Å². The minimum Gasteiger partial charge on any atom is -0.507 e. The van der Waals surface area contributed by atoms with Crippen molar-refractivity contribution >= 4 is 0 Å². The average Bonchev–Trinajstić information content (AvgIpc) is 3.40. The lowest BCUT2D eigenvalue weighted by Gasteiger charge is -2.59. The Kier molecular flexibility index (Phi) is 5.94. The number of aromatic hydroxyl groups is 1. The minimum atomic E-state index is -0.541. The van der Waals surface area contributed by atoms with Crippen LogP contribution in [-0.2, 0) is 12.8 Å². The lowest BCUT2D eigenvalue weighted by atomic mass is 9.71. The number of phenolic OH excluding ortho intramolecular Hbond substituents is 1. The molecule has 2 aromatic carbocycles. The van der Waals surface area contributed by atoms with E-state index in [0.29, 0.717) is 53.6 Å². The molecular formula is C29H33N3O6. The SMILES string of the molecule is C=CCOc1c(OC)c(C)cc2c1[C@@H]1[C@@H]3Cc4c(O)c(C)c5c(c4[C@H](CO)N3[C@@H](C#N)[C@H](C2)N1C)OCO5. The quantitative estimate of drug-likeness (QED) is 0.576. The molecule has 0 saturated carbocycles. The number of fused-ring (bicyclic) bond motifs is 9. The zero-order valence-corrected chi connectivity index (χ0v) is 22.2. The van der Waals surface area contributed by atoms with E-state index >= 15 is 0 Å². The number of aliphatic hydroxyl groups excluding tert-OH is 1. The lowest BCUT2D eigenvalue weighted by Crippen LogP contribution is -2.68. The molecule has 0 amide bonds. The highest BCUT2D eigenvalue weighted by Crippen LogP contribution is 2.58. The molecule has 4 aliphatic heterocycles. The first-order valence-corrected chi connectivity index (χ1v) is 13.0. The Morgan fingerprint density at radius 2 is 1.95 bits per heavy atom. The van der Waals surface area contributed by atoms with Gasteiger partial charge in [-0.05, 0) is 44.9 Å². The van der Waals surface area contributed by atoms with Crippen LogP contribution >= 0.6 is 0 Å². The van der Waals surface area contributed by atoms with Crippen molar-refractivity contribution in [2.24, 2.45) is 0 Å². The van der Waals surface area contributed by atoms with Crippen molar-refractivity contribution in [3.8, 4) is 34.8 Å². The normalized spacial score (nSPS) is 27.1. The molecule has 2 aromatic rings. The molecule has 38 heavy (non-hydrogen) atoms. The standard InChI is InChI=1S/C29H33N3O6/c1-6-7-36-28-22-16(8-14(2)26(28)35-5)9-18-20(11-30)32-19(24(22)31(18)4)10-17-23(21(32)12-33)29-27(37-13-38-29)15(3)25(17)34/h6,8,18-21,24,33-34H,1,7,9-10,12-13H2,2-5H3/t18-,19-,20-,21-,24-/m0/s1. The second-order valence-electron chi connectivity index (χ2n) is 10.5. The Morgan fingerprint density at radius 3 is 2.63 bits per heavy atom. The number of phenols is 1. The van der Waals surface area contributed by atoms with Gasteiger partial charge in [-0.15, -0.1) is 0 Å². The van der Waals surface area contributed by atoms with Crippen molar-refractivity contribution in [3.05, 3.63) is 52.1 Å². The van der Waals surface area contributed by atoms with Crippen molar-refractivity contribution in [2.75, 3.05) is 34.2 Å². The summed E-state index contributed by atoms with van der Waals surface area (Å²) < 4.78 is 23.7. The van der Waals surface area contributed by atoms with Gasteiger partial charge in [0.05, 0.1) is 31.9 Å². The number of aryl methyl sites for hydroxylation is 1. The molecule has 0 aliphatic carbocycles. The van der Waals surface area contributed by atoms with Gasteiger partial charge in [0.15, 0.2) is 23.0 Å². The van der Waals surface area contributed by atoms with Gasteiger partial charge in [-0.1, -0.05) is 18.7 Å². The number of aliphatic hydroxyl groups is 1. The summed E-state index contributed by atoms with van der Waals surface area (Å²) in [5.41, 5.74) is 5.20. The molecule has 2 bridgehead atoms. The molecule has 4 aliphatic rings. The van der Waals surface area contributed by atoms with Crippen molar-refractivity contribution in [1.29, 1.82) is 5.26 Å². The minimum absolute atomic E-state index is 0.0554. The summed E-state index contributed by atoms with van der Waals surface area (Å²) in [6.07, 6.45) is 2.83. The number of piperazine rings is 1. The van der Waals surface area contributed by atoms with E-state index in [1.54, 1.807) is 13.2 Å². The van der Waals surface area contributed by atoms with Crippen LogP contribution in [0.15, 0.2) is 18.7 Å². The number of hydrogen-bond donors (Lipinski definition) is 2. The van der Waals surface area contributed by atoms with E-state index in [4.69, 9.17) is 18.9 Å². The van der Waals surface area contributed by atoms with E-state index in [1.165, 1.54) is 0 Å². The van der Waals surface area contributed by atoms with Gasteiger partial charge in [0.1, 0.15) is 18.4 Å². The van der Waals surface area contributed by atoms with Crippen molar-refractivity contribution < 1.29 is 29.2 Å². The number of rotatable bonds is 5. The van der Waals surface area contributed by atoms with E-state index < -0.39 is 12.1 Å². The Bertz CT molecular complexity index is 1370. The van der Waals surface area contributed by atoms with Crippen LogP contribution in [0.1, 0.15) is 45.5 Å². The molecule has 1 fully saturated rings. The molecule has 4 heterocycles. The Balaban J connectivity index is 1.60. The summed E-state index contributed by atoms with van der Waals surface area (Å²) in [5, 5.41) is 32.6. The third-order valence-corrected chi connectivity index (χ3v) is 8.79. The predicted molar refractivity (Wildman–Crippen MR) is 139 cm³/mol. The fourth-order valence-corrected chi connectivity index (χ4v) is 7.28. The molecule has 9 nitrogen and oxygen atoms in total. The smallest absolute Gasteiger partial charge is 0.231 e. The molecule has 0 aromatic heterocycles. The van der Waals surface area contributed by atoms with Crippen LogP contribution in [0.4, 0.5) is 0 Å². The van der Waals surface area contributed by atoms with Gasteiger partial charge in [-0.3, -0.25) is 9.80 Å². The van der Waals surface area contributed by atoms with Crippen LogP contribution in [0, 0.1) is 25.2 Å². The number of benzene rings is 2. The van der Waals surface area contributed by atoms with Gasteiger partial charge in [0.25, 0.3) is 0 Å². The number of ether oxygens (including phenoxy) is 4. The van der Waals surface area contributed by atoms with Crippen molar-refractivity contribution in [1.82, 2.24) is 9.80 Å². The third-order valence-electron chi connectivity index (χ3n) is 8.79. The van der Waals surface area contributed by atoms with Crippen LogP contribution in [0.2, 0.25) is 0 Å². The fraction of sp³-hybridized carbons (Fsp3) is 0.483. The number of nitriles is 1. The van der Waals surface area contributed by atoms with E-state index in [-0.39, 0.29) is 37.3 Å². The van der Waals surface area contributed by atoms with E-state index in [0.717, 1.165) is 22.3 Å². The van der Waals surface area contributed by atoms with E-state index in [9.17, 15) is 15.5 Å². The maximum atomic E-state index is 11.3. The molecule has 200 valence electrons. The first-order valence-electron chi connectivity index (χ1n) is 13.0. The zero-order chi connectivity index (χ0) is 26.9. The molecule has 6 rings (SSSR count). The Labute approximate surface area is 222 Å². The van der Waals surface area contributed by atoms with Crippen LogP contribution in [-0.4, -0.2) is 72.3 Å². The monoisotopic (exact) mass is 519 g/mol. The fourth-order valence-electron chi connectivity index (χ4n) is 7.28. The summed E-state index contributed by atoms with van der Waals surface area (Å²) in [7, 11) is 3.70. The van der Waals surface area contributed by atoms with Crippen molar-refractivity contribution in [2.45, 2.75) is 56.9 Å². The number of nitrogens with zero attached hydrogens (tertiary/aromatic N) is 3. The van der Waals surface area contributed by atoms with Gasteiger partial charge < -0.3 is 29.2 Å². The molecule has 9 heteroatoms. The highest BCUT2D eigenvalue weighted by atomic mass is 16.7. The summed E-state index contributed by atoms with van der Waals surface area (Å²) in [5.74, 6) is 2.59. The first kappa shape index (κ1) is 24.9. The predicted octanol–water partition coefficient (Wildman–Crippen LogP) is 3.07. The first-order chi connectivity index (χ1) is 18.4. The second kappa shape index (κ2) is 9.09. The molecular weight excluding hydrogens is 486 g/mol. The van der Waals surface area contributed by atoms with Gasteiger partial charge in [-0.2, -0.15) is 5.26 Å². The van der Waals surface area contributed by atoms with Crippen LogP contribution in [0.25, 0.3) is 0 Å². The maximum Gasteiger partial charge on any atom is 0.231 e. The highest BCUT2D eigenvalue weighted by Gasteiger charge is 2.56. The van der Waals surface area contributed by atoms with Gasteiger partial charge in [0.2, 0.25) is 6.79 Å². The molecule has 0 spiro atoms. The van der Waals surface area contributed by atoms with Crippen molar-refractivity contribution in [3.63, 3.8) is 0 Å². The number of methoxy groups -OCH3 is 1. The average molecular weight is 520 g/mol. The molecule has 0 radical (unpaired) electrons. The Morgan fingerprint density at radius 1 is 1.18 bits per heavy atom. The Hall–Kier alpha value is -3.45. The van der Waals surface area contributed by atoms with Gasteiger partial charge in [0, 0.05) is 34.3 Å². The van der Waals surface area contributed by atoms with E-state index in [2.05, 4.69) is 35.6 Å². The number of likely N-dealkylation sites (N-methyl/N-ethyl adjacent to an activating group) is 1. The maximum absolute atomic E-state index is 11.3. The molecule has 1 saturated heterocycles. The summed E-state index contributed by atoms with van der Waals surface area (Å²) in [4.78, 5) is 4.41. The summed E-state index contributed by atoms with van der Waals surface area (Å²) >= 11 is 0. The lowest BCUT2D eigenvalue weighted by molar-refractivity contribution is -0.0826. The molecule has 0 unspecified atom stereocenters. The molecule has 5 atom stereocenters. The van der Waals surface area contributed by atoms with Gasteiger partial charge in [-0.25, -0.2) is 0 Å². The largest absolute Gasteiger partial charge is 0.507 e. The van der Waals surface area contributed by atoms with Gasteiger partial charge >= 0.3 is 0 Å². The van der Waals surface area contributed by atoms with Crippen LogP contribution < -0.4 is 18.9 Å². The topological polar surface area (TPSA) is 108 Å². The zero-order valence-electron chi connectivity index (χ0n) is 22.2. The summed E-state index contributed by atoms with van der Waals surface area (Å²) in [6, 6.07) is 3.18. The number of hydrogen-bond acceptors (Lipinski definition) is 9. The second-order valence-corrected chi connectivity index (χ2v) is 10.5. The third kappa shape index (κ3) is 3.20. The van der Waals surface area contributed by atoms with Crippen LogP contribution in [0.5, 0.6) is 28.7 Å². The van der Waals surface area contributed by atoms with Crippen LogP contribution in [0.3, 0.4) is 0 Å². The highest BCUT2D eigenvalue weighted by molar-refractivity contribution is 5.66.